The van der Waals surface area contributed by atoms with Gasteiger partial charge in [-0.1, -0.05) is 72.8 Å². The van der Waals surface area contributed by atoms with Gasteiger partial charge in [-0.15, -0.1) is 10.2 Å². The van der Waals surface area contributed by atoms with Gasteiger partial charge in [-0.3, -0.25) is 9.54 Å². The summed E-state index contributed by atoms with van der Waals surface area (Å²) in [6.45, 7) is 0. The molecule has 9 heteroatoms. The van der Waals surface area contributed by atoms with E-state index in [-0.39, 0.29) is 45.8 Å². The Morgan fingerprint density at radius 1 is 0.722 bits per heavy atom. The van der Waals surface area contributed by atoms with Crippen LogP contribution in [0.1, 0.15) is 0 Å². The summed E-state index contributed by atoms with van der Waals surface area (Å²) in [5, 5.41) is 9.09. The van der Waals surface area contributed by atoms with E-state index in [0.717, 1.165) is 22.4 Å². The third kappa shape index (κ3) is 5.38. The molecule has 0 saturated carbocycles. The number of hydrogen-bond donors (Lipinski definition) is 2. The van der Waals surface area contributed by atoms with E-state index in [1.54, 1.807) is 36.5 Å². The third-order valence-electron chi connectivity index (χ3n) is 5.59. The van der Waals surface area contributed by atoms with E-state index in [0.29, 0.717) is 16.5 Å². The Labute approximate surface area is 230 Å². The Kier molecular flexibility index (Phi) is 7.63. The number of hydrogen-bond acceptors (Lipinski definition) is 6. The number of rotatable bonds is 5. The van der Waals surface area contributed by atoms with Gasteiger partial charge in [0.1, 0.15) is 16.3 Å². The van der Waals surface area contributed by atoms with E-state index in [2.05, 4.69) is 39.5 Å². The van der Waals surface area contributed by atoms with Gasteiger partial charge in [0, 0.05) is 16.3 Å². The molecule has 3 N–H and O–H groups in total. The van der Waals surface area contributed by atoms with Gasteiger partial charge in [-0.25, -0.2) is 0 Å². The number of azo groups is 1. The van der Waals surface area contributed by atoms with Crippen molar-refractivity contribution in [2.45, 2.75) is 4.90 Å². The zero-order valence-corrected chi connectivity index (χ0v) is 19.2. The molecule has 5 aromatic rings. The van der Waals surface area contributed by atoms with Gasteiger partial charge >= 0.3 is 29.6 Å². The second-order valence-corrected chi connectivity index (χ2v) is 9.27. The van der Waals surface area contributed by atoms with Gasteiger partial charge in [0.15, 0.2) is 0 Å². The van der Waals surface area contributed by atoms with Crippen LogP contribution in [-0.2, 0) is 10.1 Å². The number of fused-ring (bicyclic) bond motifs is 1. The van der Waals surface area contributed by atoms with Crippen LogP contribution in [0.4, 0.5) is 17.1 Å². The summed E-state index contributed by atoms with van der Waals surface area (Å²) in [5.41, 5.74) is 11.0. The van der Waals surface area contributed by atoms with E-state index in [9.17, 15) is 13.0 Å². The van der Waals surface area contributed by atoms with Crippen LogP contribution >= 0.6 is 0 Å². The number of nitrogen functional groups attached to an aromatic ring is 1. The standard InChI is InChI=1S/C27H20N4O3S.Na.H/c28-27-23-12-5-4-11-22(23)26(35(32,33)34)16-25(27)31-30-21-13-14-24(29-17-21)20-10-6-9-19(15-20)18-7-2-1-3-8-18;;/h1-17H,28H2,(H,32,33,34);;. The van der Waals surface area contributed by atoms with Crippen molar-refractivity contribution in [3.63, 3.8) is 0 Å². The van der Waals surface area contributed by atoms with Crippen molar-refractivity contribution in [1.29, 1.82) is 0 Å². The first kappa shape index (κ1) is 25.7. The van der Waals surface area contributed by atoms with Gasteiger partial charge in [0.05, 0.1) is 17.6 Å². The number of benzene rings is 4. The molecule has 0 fully saturated rings. The molecule has 1 aromatic heterocycles. The Balaban J connectivity index is 0.00000304. The Bertz CT molecular complexity index is 1670. The van der Waals surface area contributed by atoms with Crippen LogP contribution in [0.5, 0.6) is 0 Å². The summed E-state index contributed by atoms with van der Waals surface area (Å²) in [7, 11) is -4.48. The molecule has 5 rings (SSSR count). The van der Waals surface area contributed by atoms with E-state index < -0.39 is 10.1 Å². The average molecular weight is 505 g/mol. The molecule has 0 amide bonds. The Hall–Kier alpha value is -3.40. The molecule has 4 aromatic carbocycles. The molecule has 0 unspecified atom stereocenters. The van der Waals surface area contributed by atoms with Crippen LogP contribution in [0.2, 0.25) is 0 Å². The molecule has 0 bridgehead atoms. The predicted molar refractivity (Wildman–Crippen MR) is 145 cm³/mol. The van der Waals surface area contributed by atoms with Crippen molar-refractivity contribution in [3.8, 4) is 22.4 Å². The molecular weight excluding hydrogens is 483 g/mol. The summed E-state index contributed by atoms with van der Waals surface area (Å²) in [6, 6.07) is 29.7. The maximum atomic E-state index is 11.9. The van der Waals surface area contributed by atoms with Gasteiger partial charge in [0.25, 0.3) is 10.1 Å². The monoisotopic (exact) mass is 504 g/mol. The number of aromatic nitrogens is 1. The van der Waals surface area contributed by atoms with E-state index in [4.69, 9.17) is 5.73 Å². The van der Waals surface area contributed by atoms with E-state index in [1.165, 1.54) is 6.07 Å². The number of nitrogens with zero attached hydrogens (tertiary/aromatic N) is 3. The number of nitrogens with two attached hydrogens (primary N) is 1. The van der Waals surface area contributed by atoms with Gasteiger partial charge < -0.3 is 5.73 Å². The zero-order chi connectivity index (χ0) is 24.4. The fourth-order valence-electron chi connectivity index (χ4n) is 3.86. The second-order valence-electron chi connectivity index (χ2n) is 7.88. The van der Waals surface area contributed by atoms with E-state index in [1.807, 2.05) is 36.4 Å². The van der Waals surface area contributed by atoms with Crippen LogP contribution in [0.3, 0.4) is 0 Å². The molecule has 7 nitrogen and oxygen atoms in total. The molecule has 1 heterocycles. The van der Waals surface area contributed by atoms with Gasteiger partial charge in [0.2, 0.25) is 0 Å². The second kappa shape index (κ2) is 10.7. The molecule has 0 aliphatic carbocycles. The minimum absolute atomic E-state index is 0. The molecule has 0 saturated heterocycles. The summed E-state index contributed by atoms with van der Waals surface area (Å²) in [4.78, 5) is 4.23. The molecule has 174 valence electrons. The molecule has 0 atom stereocenters. The van der Waals surface area contributed by atoms with Crippen LogP contribution in [0.15, 0.2) is 118 Å². The molecule has 0 radical (unpaired) electrons. The van der Waals surface area contributed by atoms with E-state index >= 15 is 0 Å². The summed E-state index contributed by atoms with van der Waals surface area (Å²) in [5.74, 6) is 0. The number of pyridine rings is 1. The Morgan fingerprint density at radius 3 is 2.08 bits per heavy atom. The molecule has 0 aliphatic heterocycles. The fraction of sp³-hybridized carbons (Fsp3) is 0. The zero-order valence-electron chi connectivity index (χ0n) is 18.4. The first-order valence-electron chi connectivity index (χ1n) is 10.7. The first-order valence-corrected chi connectivity index (χ1v) is 12.2. The van der Waals surface area contributed by atoms with Crippen LogP contribution in [0, 0.1) is 0 Å². The minimum atomic E-state index is -4.48. The van der Waals surface area contributed by atoms with Crippen molar-refractivity contribution in [3.05, 3.63) is 103 Å². The van der Waals surface area contributed by atoms with Crippen LogP contribution < -0.4 is 5.73 Å². The Morgan fingerprint density at radius 2 is 1.39 bits per heavy atom. The average Bonchev–Trinajstić information content (AvgIpc) is 2.89. The topological polar surface area (TPSA) is 118 Å². The summed E-state index contributed by atoms with van der Waals surface area (Å²) in [6.07, 6.45) is 1.58. The summed E-state index contributed by atoms with van der Waals surface area (Å²) < 4.78 is 33.5. The first-order chi connectivity index (χ1) is 16.9. The van der Waals surface area contributed by atoms with Crippen LogP contribution in [-0.4, -0.2) is 47.5 Å². The predicted octanol–water partition coefficient (Wildman–Crippen LogP) is 6.16. The summed E-state index contributed by atoms with van der Waals surface area (Å²) >= 11 is 0. The van der Waals surface area contributed by atoms with Crippen molar-refractivity contribution in [1.82, 2.24) is 4.98 Å². The maximum absolute atomic E-state index is 11.9. The van der Waals surface area contributed by atoms with Crippen molar-refractivity contribution < 1.29 is 13.0 Å². The quantitative estimate of drug-likeness (QED) is 0.129. The van der Waals surface area contributed by atoms with Crippen molar-refractivity contribution >= 4 is 67.5 Å². The van der Waals surface area contributed by atoms with Gasteiger partial charge in [-0.2, -0.15) is 8.42 Å². The normalized spacial score (nSPS) is 11.5. The SMILES string of the molecule is Nc1c(N=Nc2ccc(-c3cccc(-c4ccccc4)c3)nc2)cc(S(=O)(=O)O)c2ccccc12.[NaH]. The third-order valence-corrected chi connectivity index (χ3v) is 6.48. The fourth-order valence-corrected chi connectivity index (χ4v) is 4.58. The molecule has 0 spiro atoms. The van der Waals surface area contributed by atoms with Crippen molar-refractivity contribution in [2.75, 3.05) is 5.73 Å². The molecule has 36 heavy (non-hydrogen) atoms. The van der Waals surface area contributed by atoms with Crippen molar-refractivity contribution in [2.24, 2.45) is 10.2 Å². The molecule has 0 aliphatic rings. The van der Waals surface area contributed by atoms with Gasteiger partial charge in [-0.05, 0) is 35.4 Å². The number of anilines is 1. The van der Waals surface area contributed by atoms with Crippen LogP contribution in [0.25, 0.3) is 33.2 Å². The molecular formula is C27H21N4NaO3S.